The van der Waals surface area contributed by atoms with E-state index < -0.39 is 11.9 Å². The molecule has 0 aromatic carbocycles. The maximum atomic E-state index is 13.0. The van der Waals surface area contributed by atoms with Gasteiger partial charge in [0.2, 0.25) is 0 Å². The van der Waals surface area contributed by atoms with Crippen molar-refractivity contribution in [1.82, 2.24) is 14.9 Å². The van der Waals surface area contributed by atoms with Gasteiger partial charge in [0.15, 0.2) is 0 Å². The van der Waals surface area contributed by atoms with Gasteiger partial charge in [0, 0.05) is 18.8 Å². The van der Waals surface area contributed by atoms with Crippen LogP contribution in [0.25, 0.3) is 0 Å². The maximum absolute atomic E-state index is 13.0. The molecule has 2 fully saturated rings. The lowest BCUT2D eigenvalue weighted by Gasteiger charge is -2.41. The summed E-state index contributed by atoms with van der Waals surface area (Å²) in [6.07, 6.45) is 0.132. The number of nitrogens with one attached hydrogen (secondary N) is 1. The summed E-state index contributed by atoms with van der Waals surface area (Å²) in [5, 5.41) is 3.98. The molecule has 1 N–H and O–H groups in total. The van der Waals surface area contributed by atoms with Crippen LogP contribution < -0.4 is 10.2 Å². The highest BCUT2D eigenvalue weighted by atomic mass is 35.5. The summed E-state index contributed by atoms with van der Waals surface area (Å²) < 4.78 is 38.9. The van der Waals surface area contributed by atoms with Gasteiger partial charge < -0.3 is 10.2 Å². The number of hydrogen-bond donors (Lipinski definition) is 1. The molecule has 4 rings (SSSR count). The van der Waals surface area contributed by atoms with Gasteiger partial charge in [-0.15, -0.1) is 0 Å². The summed E-state index contributed by atoms with van der Waals surface area (Å²) in [7, 11) is 0. The first-order valence-electron chi connectivity index (χ1n) is 8.83. The Bertz CT molecular complexity index is 798. The number of halogens is 4. The third-order valence-electron chi connectivity index (χ3n) is 5.10. The molecule has 0 saturated carbocycles. The van der Waals surface area contributed by atoms with Crippen LogP contribution in [0.4, 0.5) is 24.8 Å². The summed E-state index contributed by atoms with van der Waals surface area (Å²) in [5.74, 6) is 1.10. The van der Waals surface area contributed by atoms with E-state index in [4.69, 9.17) is 11.6 Å². The first kappa shape index (κ1) is 18.3. The van der Waals surface area contributed by atoms with Gasteiger partial charge >= 0.3 is 6.18 Å². The second kappa shape index (κ2) is 7.16. The standard InChI is InChI=1S/C18H19ClF3N5/c19-12-4-6-15(23-10-12)25-17-7-5-13-8-9-26(11-27(13)17)16-3-1-2-14(24-16)18(20,21)22/h1-4,6,10,13,17H,5,7-9,11H2,(H,23,25)/t13-,17-/m0/s1. The average molecular weight is 398 g/mol. The molecule has 144 valence electrons. The van der Waals surface area contributed by atoms with Crippen LogP contribution in [-0.2, 0) is 6.18 Å². The van der Waals surface area contributed by atoms with Crippen molar-refractivity contribution in [3.63, 3.8) is 0 Å². The Labute approximate surface area is 160 Å². The zero-order valence-corrected chi connectivity index (χ0v) is 15.2. The zero-order valence-electron chi connectivity index (χ0n) is 14.5. The van der Waals surface area contributed by atoms with E-state index in [-0.39, 0.29) is 6.17 Å². The van der Waals surface area contributed by atoms with Gasteiger partial charge in [-0.2, -0.15) is 13.2 Å². The normalized spacial score (nSPS) is 23.3. The van der Waals surface area contributed by atoms with Gasteiger partial charge in [-0.1, -0.05) is 17.7 Å². The molecule has 5 nitrogen and oxygen atoms in total. The van der Waals surface area contributed by atoms with E-state index in [1.54, 1.807) is 18.3 Å². The van der Waals surface area contributed by atoms with Crippen LogP contribution in [0.1, 0.15) is 25.0 Å². The van der Waals surface area contributed by atoms with Crippen molar-refractivity contribution < 1.29 is 13.2 Å². The average Bonchev–Trinajstić information content (AvgIpc) is 3.05. The Morgan fingerprint density at radius 1 is 1.11 bits per heavy atom. The molecule has 0 amide bonds. The molecule has 0 spiro atoms. The molecule has 9 heteroatoms. The Morgan fingerprint density at radius 3 is 2.70 bits per heavy atom. The largest absolute Gasteiger partial charge is 0.433 e. The fourth-order valence-electron chi connectivity index (χ4n) is 3.76. The summed E-state index contributed by atoms with van der Waals surface area (Å²) in [4.78, 5) is 12.3. The Balaban J connectivity index is 1.49. The Morgan fingerprint density at radius 2 is 1.96 bits per heavy atom. The van der Waals surface area contributed by atoms with E-state index >= 15 is 0 Å². The number of rotatable bonds is 3. The number of alkyl halides is 3. The minimum Gasteiger partial charge on any atom is -0.354 e. The van der Waals surface area contributed by atoms with Gasteiger partial charge in [0.25, 0.3) is 0 Å². The minimum atomic E-state index is -4.44. The number of hydrogen-bond acceptors (Lipinski definition) is 5. The van der Waals surface area contributed by atoms with Crippen LogP contribution in [-0.4, -0.2) is 40.3 Å². The molecule has 0 bridgehead atoms. The first-order valence-corrected chi connectivity index (χ1v) is 9.21. The first-order chi connectivity index (χ1) is 12.9. The number of fused-ring (bicyclic) bond motifs is 1. The SMILES string of the molecule is FC(F)(F)c1cccc(N2CC[C@@H]3CC[C@@H](Nc4ccc(Cl)cn4)N3C2)n1. The Hall–Kier alpha value is -2.06. The van der Waals surface area contributed by atoms with Crippen LogP contribution in [0.15, 0.2) is 36.5 Å². The lowest BCUT2D eigenvalue weighted by atomic mass is 10.1. The van der Waals surface area contributed by atoms with Crippen LogP contribution >= 0.6 is 11.6 Å². The van der Waals surface area contributed by atoms with E-state index in [0.29, 0.717) is 30.1 Å². The second-order valence-electron chi connectivity index (χ2n) is 6.84. The van der Waals surface area contributed by atoms with Crippen LogP contribution in [0, 0.1) is 0 Å². The lowest BCUT2D eigenvalue weighted by molar-refractivity contribution is -0.141. The van der Waals surface area contributed by atoms with E-state index in [1.807, 2.05) is 11.0 Å². The van der Waals surface area contributed by atoms with Crippen molar-refractivity contribution in [1.29, 1.82) is 0 Å². The number of aromatic nitrogens is 2. The van der Waals surface area contributed by atoms with Crippen molar-refractivity contribution in [2.75, 3.05) is 23.4 Å². The minimum absolute atomic E-state index is 0.0808. The van der Waals surface area contributed by atoms with E-state index in [1.165, 1.54) is 6.07 Å². The van der Waals surface area contributed by atoms with E-state index in [2.05, 4.69) is 20.2 Å². The second-order valence-corrected chi connectivity index (χ2v) is 7.28. The highest BCUT2D eigenvalue weighted by molar-refractivity contribution is 6.30. The predicted molar refractivity (Wildman–Crippen MR) is 97.6 cm³/mol. The van der Waals surface area contributed by atoms with Crippen molar-refractivity contribution in [2.24, 2.45) is 0 Å². The zero-order chi connectivity index (χ0) is 19.0. The molecule has 2 aromatic heterocycles. The van der Waals surface area contributed by atoms with Gasteiger partial charge in [-0.05, 0) is 43.5 Å². The fourth-order valence-corrected chi connectivity index (χ4v) is 3.88. The van der Waals surface area contributed by atoms with Gasteiger partial charge in [-0.3, -0.25) is 4.90 Å². The molecular formula is C18H19ClF3N5. The number of nitrogens with zero attached hydrogens (tertiary/aromatic N) is 4. The lowest BCUT2D eigenvalue weighted by Crippen LogP contribution is -2.52. The highest BCUT2D eigenvalue weighted by Crippen LogP contribution is 2.33. The molecular weight excluding hydrogens is 379 g/mol. The molecule has 0 aliphatic carbocycles. The smallest absolute Gasteiger partial charge is 0.354 e. The van der Waals surface area contributed by atoms with E-state index in [9.17, 15) is 13.2 Å². The van der Waals surface area contributed by atoms with Crippen molar-refractivity contribution in [3.8, 4) is 0 Å². The molecule has 27 heavy (non-hydrogen) atoms. The highest BCUT2D eigenvalue weighted by Gasteiger charge is 2.38. The monoisotopic (exact) mass is 397 g/mol. The molecule has 0 radical (unpaired) electrons. The summed E-state index contributed by atoms with van der Waals surface area (Å²) >= 11 is 5.88. The number of pyridine rings is 2. The van der Waals surface area contributed by atoms with Crippen LogP contribution in [0.3, 0.4) is 0 Å². The number of anilines is 2. The third-order valence-corrected chi connectivity index (χ3v) is 5.32. The van der Waals surface area contributed by atoms with E-state index in [0.717, 1.165) is 31.1 Å². The molecule has 2 aliphatic heterocycles. The molecule has 2 aromatic rings. The summed E-state index contributed by atoms with van der Waals surface area (Å²) in [6, 6.07) is 8.06. The predicted octanol–water partition coefficient (Wildman–Crippen LogP) is 4.22. The molecule has 2 aliphatic rings. The summed E-state index contributed by atoms with van der Waals surface area (Å²) in [6.45, 7) is 1.23. The molecule has 0 unspecified atom stereocenters. The van der Waals surface area contributed by atoms with Crippen molar-refractivity contribution >= 4 is 23.2 Å². The molecule has 4 heterocycles. The van der Waals surface area contributed by atoms with Crippen LogP contribution in [0.5, 0.6) is 0 Å². The van der Waals surface area contributed by atoms with Crippen molar-refractivity contribution in [3.05, 3.63) is 47.2 Å². The third kappa shape index (κ3) is 3.96. The quantitative estimate of drug-likeness (QED) is 0.840. The van der Waals surface area contributed by atoms with Gasteiger partial charge in [0.05, 0.1) is 17.9 Å². The van der Waals surface area contributed by atoms with Crippen LogP contribution in [0.2, 0.25) is 5.02 Å². The summed E-state index contributed by atoms with van der Waals surface area (Å²) in [5.41, 5.74) is -0.858. The Kier molecular flexibility index (Phi) is 4.86. The maximum Gasteiger partial charge on any atom is 0.433 e. The molecule has 2 atom stereocenters. The van der Waals surface area contributed by atoms with Gasteiger partial charge in [-0.25, -0.2) is 9.97 Å². The van der Waals surface area contributed by atoms with Gasteiger partial charge in [0.1, 0.15) is 17.3 Å². The van der Waals surface area contributed by atoms with Crippen molar-refractivity contribution in [2.45, 2.75) is 37.6 Å². The fraction of sp³-hybridized carbons (Fsp3) is 0.444. The molecule has 2 saturated heterocycles. The topological polar surface area (TPSA) is 44.3 Å².